The highest BCUT2D eigenvalue weighted by Crippen LogP contribution is 2.16. The lowest BCUT2D eigenvalue weighted by Crippen LogP contribution is -2.45. The van der Waals surface area contributed by atoms with Crippen molar-refractivity contribution in [2.45, 2.75) is 32.2 Å². The van der Waals surface area contributed by atoms with Crippen LogP contribution in [0.2, 0.25) is 0 Å². The monoisotopic (exact) mass is 298 g/mol. The van der Waals surface area contributed by atoms with Gasteiger partial charge in [0.05, 0.1) is 0 Å². The van der Waals surface area contributed by atoms with Crippen LogP contribution < -0.4 is 11.1 Å². The zero-order chi connectivity index (χ0) is 12.9. The first-order valence-electron chi connectivity index (χ1n) is 5.68. The van der Waals surface area contributed by atoms with Gasteiger partial charge in [-0.05, 0) is 38.0 Å². The summed E-state index contributed by atoms with van der Waals surface area (Å²) in [7, 11) is 0. The molecule has 0 saturated carbocycles. The highest BCUT2D eigenvalue weighted by molar-refractivity contribution is 9.10. The van der Waals surface area contributed by atoms with Crippen LogP contribution in [0.1, 0.15) is 25.8 Å². The van der Waals surface area contributed by atoms with E-state index in [1.807, 2.05) is 26.0 Å². The normalized spacial score (nSPS) is 11.3. The van der Waals surface area contributed by atoms with E-state index in [2.05, 4.69) is 33.4 Å². The highest BCUT2D eigenvalue weighted by atomic mass is 79.9. The molecule has 3 N–H and O–H groups in total. The van der Waals surface area contributed by atoms with Gasteiger partial charge in [-0.2, -0.15) is 0 Å². The summed E-state index contributed by atoms with van der Waals surface area (Å²) >= 11 is 3.40. The molecule has 0 fully saturated rings. The molecule has 0 bridgehead atoms. The van der Waals surface area contributed by atoms with E-state index in [1.54, 1.807) is 0 Å². The molecule has 1 aromatic carbocycles. The molecule has 0 aliphatic carbocycles. The summed E-state index contributed by atoms with van der Waals surface area (Å²) in [6, 6.07) is 8.13. The molecule has 1 rings (SSSR count). The van der Waals surface area contributed by atoms with Crippen LogP contribution in [-0.2, 0) is 11.2 Å². The van der Waals surface area contributed by atoms with Crippen molar-refractivity contribution < 1.29 is 4.79 Å². The quantitative estimate of drug-likeness (QED) is 0.876. The van der Waals surface area contributed by atoms with Crippen LogP contribution >= 0.6 is 15.9 Å². The topological polar surface area (TPSA) is 55.1 Å². The SMILES string of the molecule is CC(C)(Cc1ccc(Br)cc1)NC(=O)CCN. The van der Waals surface area contributed by atoms with Crippen molar-refractivity contribution in [1.82, 2.24) is 5.32 Å². The fourth-order valence-corrected chi connectivity index (χ4v) is 1.99. The minimum atomic E-state index is -0.250. The summed E-state index contributed by atoms with van der Waals surface area (Å²) in [6.45, 7) is 4.42. The van der Waals surface area contributed by atoms with E-state index in [-0.39, 0.29) is 11.4 Å². The van der Waals surface area contributed by atoms with Crippen molar-refractivity contribution >= 4 is 21.8 Å². The molecule has 0 spiro atoms. The molecule has 0 aliphatic rings. The maximum atomic E-state index is 11.5. The second-order valence-corrected chi connectivity index (χ2v) is 5.69. The molecule has 4 heteroatoms. The Balaban J connectivity index is 2.59. The number of carbonyl (C=O) groups is 1. The summed E-state index contributed by atoms with van der Waals surface area (Å²) in [4.78, 5) is 11.5. The van der Waals surface area contributed by atoms with Crippen LogP contribution in [-0.4, -0.2) is 18.0 Å². The molecular weight excluding hydrogens is 280 g/mol. The van der Waals surface area contributed by atoms with E-state index < -0.39 is 0 Å². The fraction of sp³-hybridized carbons (Fsp3) is 0.462. The van der Waals surface area contributed by atoms with Gasteiger partial charge in [0.15, 0.2) is 0 Å². The van der Waals surface area contributed by atoms with Crippen molar-refractivity contribution in [3.8, 4) is 0 Å². The van der Waals surface area contributed by atoms with Crippen LogP contribution in [0.5, 0.6) is 0 Å². The van der Waals surface area contributed by atoms with Crippen LogP contribution in [0.25, 0.3) is 0 Å². The van der Waals surface area contributed by atoms with E-state index in [0.717, 1.165) is 10.9 Å². The molecule has 17 heavy (non-hydrogen) atoms. The van der Waals surface area contributed by atoms with E-state index in [9.17, 15) is 4.79 Å². The Bertz CT molecular complexity index is 374. The number of carbonyl (C=O) groups excluding carboxylic acids is 1. The summed E-state index contributed by atoms with van der Waals surface area (Å²) in [5.74, 6) is 0.00890. The third kappa shape index (κ3) is 5.33. The molecule has 0 saturated heterocycles. The molecule has 3 nitrogen and oxygen atoms in total. The molecule has 0 atom stereocenters. The molecule has 1 amide bonds. The zero-order valence-electron chi connectivity index (χ0n) is 10.3. The first kappa shape index (κ1) is 14.2. The van der Waals surface area contributed by atoms with Gasteiger partial charge < -0.3 is 11.1 Å². The molecule has 0 radical (unpaired) electrons. The summed E-state index contributed by atoms with van der Waals surface area (Å²) < 4.78 is 1.06. The number of amides is 1. The van der Waals surface area contributed by atoms with Crippen molar-refractivity contribution in [3.05, 3.63) is 34.3 Å². The minimum absolute atomic E-state index is 0.00890. The Hall–Kier alpha value is -0.870. The fourth-order valence-electron chi connectivity index (χ4n) is 1.73. The van der Waals surface area contributed by atoms with Gasteiger partial charge in [-0.25, -0.2) is 0 Å². The predicted octanol–water partition coefficient (Wildman–Crippen LogP) is 2.24. The lowest BCUT2D eigenvalue weighted by Gasteiger charge is -2.26. The van der Waals surface area contributed by atoms with Crippen molar-refractivity contribution in [1.29, 1.82) is 0 Å². The lowest BCUT2D eigenvalue weighted by molar-refractivity contribution is -0.122. The van der Waals surface area contributed by atoms with Gasteiger partial charge in [-0.3, -0.25) is 4.79 Å². The Kier molecular flexibility index (Phi) is 5.15. The average Bonchev–Trinajstić information content (AvgIpc) is 2.20. The highest BCUT2D eigenvalue weighted by Gasteiger charge is 2.20. The van der Waals surface area contributed by atoms with E-state index >= 15 is 0 Å². The van der Waals surface area contributed by atoms with Gasteiger partial charge in [-0.1, -0.05) is 28.1 Å². The third-order valence-corrected chi connectivity index (χ3v) is 2.94. The Morgan fingerprint density at radius 1 is 1.35 bits per heavy atom. The number of rotatable bonds is 5. The standard InChI is InChI=1S/C13H19BrN2O/c1-13(2,16-12(17)7-8-15)9-10-3-5-11(14)6-4-10/h3-6H,7-9,15H2,1-2H3,(H,16,17). The summed E-state index contributed by atoms with van der Waals surface area (Å²) in [6.07, 6.45) is 1.18. The molecular formula is C13H19BrN2O. The number of nitrogens with one attached hydrogen (secondary N) is 1. The number of halogens is 1. The molecule has 0 aromatic heterocycles. The third-order valence-electron chi connectivity index (χ3n) is 2.41. The van der Waals surface area contributed by atoms with Gasteiger partial charge in [0.1, 0.15) is 0 Å². The minimum Gasteiger partial charge on any atom is -0.351 e. The van der Waals surface area contributed by atoms with Crippen LogP contribution in [0, 0.1) is 0 Å². The second-order valence-electron chi connectivity index (χ2n) is 4.77. The maximum absolute atomic E-state index is 11.5. The van der Waals surface area contributed by atoms with Gasteiger partial charge in [0.2, 0.25) is 5.91 Å². The van der Waals surface area contributed by atoms with Crippen molar-refractivity contribution in [2.75, 3.05) is 6.54 Å². The second kappa shape index (κ2) is 6.17. The van der Waals surface area contributed by atoms with E-state index in [0.29, 0.717) is 13.0 Å². The number of benzene rings is 1. The number of hydrogen-bond acceptors (Lipinski definition) is 2. The van der Waals surface area contributed by atoms with Crippen LogP contribution in [0.4, 0.5) is 0 Å². The largest absolute Gasteiger partial charge is 0.351 e. The maximum Gasteiger partial charge on any atom is 0.221 e. The Morgan fingerprint density at radius 3 is 2.47 bits per heavy atom. The predicted molar refractivity (Wildman–Crippen MR) is 73.7 cm³/mol. The van der Waals surface area contributed by atoms with E-state index in [1.165, 1.54) is 5.56 Å². The zero-order valence-corrected chi connectivity index (χ0v) is 11.9. The summed E-state index contributed by atoms with van der Waals surface area (Å²) in [5.41, 5.74) is 6.30. The average molecular weight is 299 g/mol. The molecule has 94 valence electrons. The van der Waals surface area contributed by atoms with E-state index in [4.69, 9.17) is 5.73 Å². The first-order valence-corrected chi connectivity index (χ1v) is 6.48. The van der Waals surface area contributed by atoms with Gasteiger partial charge in [-0.15, -0.1) is 0 Å². The van der Waals surface area contributed by atoms with Gasteiger partial charge in [0.25, 0.3) is 0 Å². The number of hydrogen-bond donors (Lipinski definition) is 2. The number of nitrogens with two attached hydrogens (primary N) is 1. The van der Waals surface area contributed by atoms with Gasteiger partial charge in [0, 0.05) is 23.0 Å². The Labute approximate surface area is 111 Å². The Morgan fingerprint density at radius 2 is 1.94 bits per heavy atom. The van der Waals surface area contributed by atoms with Crippen molar-refractivity contribution in [2.24, 2.45) is 5.73 Å². The smallest absolute Gasteiger partial charge is 0.221 e. The summed E-state index contributed by atoms with van der Waals surface area (Å²) in [5, 5.41) is 2.99. The van der Waals surface area contributed by atoms with Crippen molar-refractivity contribution in [3.63, 3.8) is 0 Å². The van der Waals surface area contributed by atoms with Crippen LogP contribution in [0.15, 0.2) is 28.7 Å². The van der Waals surface area contributed by atoms with Crippen LogP contribution in [0.3, 0.4) is 0 Å². The lowest BCUT2D eigenvalue weighted by atomic mass is 9.95. The molecule has 0 heterocycles. The first-order chi connectivity index (χ1) is 7.93. The molecule has 1 aromatic rings. The molecule has 0 unspecified atom stereocenters. The molecule has 0 aliphatic heterocycles. The van der Waals surface area contributed by atoms with Gasteiger partial charge >= 0.3 is 0 Å².